The van der Waals surface area contributed by atoms with Gasteiger partial charge in [-0.2, -0.15) is 0 Å². The van der Waals surface area contributed by atoms with Gasteiger partial charge < -0.3 is 5.11 Å². The van der Waals surface area contributed by atoms with Crippen molar-refractivity contribution in [2.45, 2.75) is 0 Å². The van der Waals surface area contributed by atoms with E-state index in [1.54, 1.807) is 0 Å². The maximum atomic E-state index is 9.31. The smallest absolute Gasteiger partial charge is 0.388 e. The molecule has 1 rings (SSSR count). The molecule has 1 N–H and O–H groups in total. The minimum absolute atomic E-state index is 1.35. The standard InChI is InChI=1S/C6H6.C2HClO3/c1-2-4-6-5-3-1;3-1(4)2(5)6/h1-6H;(H,5,6). The zero-order valence-corrected chi connectivity index (χ0v) is 6.86. The molecule has 0 bridgehead atoms. The first kappa shape index (κ1) is 10.7. The van der Waals surface area contributed by atoms with Gasteiger partial charge >= 0.3 is 11.2 Å². The Morgan fingerprint density at radius 2 is 1.08 bits per heavy atom. The van der Waals surface area contributed by atoms with Gasteiger partial charge in [-0.05, 0) is 11.6 Å². The van der Waals surface area contributed by atoms with Crippen molar-refractivity contribution >= 4 is 22.8 Å². The van der Waals surface area contributed by atoms with Gasteiger partial charge in [0.15, 0.2) is 0 Å². The van der Waals surface area contributed by atoms with Crippen molar-refractivity contribution in [2.24, 2.45) is 0 Å². The molecule has 0 heterocycles. The van der Waals surface area contributed by atoms with E-state index in [0.29, 0.717) is 0 Å². The highest BCUT2D eigenvalue weighted by atomic mass is 35.5. The third kappa shape index (κ3) is 6.77. The van der Waals surface area contributed by atoms with Gasteiger partial charge in [-0.1, -0.05) is 36.4 Å². The molecule has 0 aromatic heterocycles. The molecule has 3 nitrogen and oxygen atoms in total. The molecule has 12 heavy (non-hydrogen) atoms. The molecule has 0 aliphatic heterocycles. The van der Waals surface area contributed by atoms with E-state index in [0.717, 1.165) is 0 Å². The zero-order chi connectivity index (χ0) is 9.40. The van der Waals surface area contributed by atoms with Crippen LogP contribution in [0.4, 0.5) is 0 Å². The van der Waals surface area contributed by atoms with E-state index in [4.69, 9.17) is 5.11 Å². The quantitative estimate of drug-likeness (QED) is 0.535. The first-order valence-electron chi connectivity index (χ1n) is 3.07. The summed E-state index contributed by atoms with van der Waals surface area (Å²) in [6.07, 6.45) is 0. The molecule has 0 saturated carbocycles. The number of carboxylic acids is 1. The average Bonchev–Trinajstić information content (AvgIpc) is 2.08. The molecule has 0 fully saturated rings. The number of hydrogen-bond donors (Lipinski definition) is 1. The summed E-state index contributed by atoms with van der Waals surface area (Å²) in [4.78, 5) is 18.5. The predicted molar refractivity (Wildman–Crippen MR) is 44.9 cm³/mol. The highest BCUT2D eigenvalue weighted by molar-refractivity contribution is 6.79. The van der Waals surface area contributed by atoms with Gasteiger partial charge in [-0.15, -0.1) is 0 Å². The van der Waals surface area contributed by atoms with E-state index >= 15 is 0 Å². The molecule has 0 radical (unpaired) electrons. The van der Waals surface area contributed by atoms with Crippen LogP contribution in [-0.2, 0) is 9.59 Å². The number of benzene rings is 1. The Bertz CT molecular complexity index is 207. The van der Waals surface area contributed by atoms with Crippen molar-refractivity contribution < 1.29 is 14.7 Å². The van der Waals surface area contributed by atoms with Crippen LogP contribution in [0.3, 0.4) is 0 Å². The summed E-state index contributed by atoms with van der Waals surface area (Å²) in [6.45, 7) is 0. The van der Waals surface area contributed by atoms with Crippen LogP contribution in [0, 0.1) is 0 Å². The van der Waals surface area contributed by atoms with Gasteiger partial charge in [0.2, 0.25) is 0 Å². The van der Waals surface area contributed by atoms with Crippen LogP contribution in [0.5, 0.6) is 0 Å². The second-order valence-electron chi connectivity index (χ2n) is 1.73. The van der Waals surface area contributed by atoms with Crippen molar-refractivity contribution in [3.63, 3.8) is 0 Å². The van der Waals surface area contributed by atoms with Crippen LogP contribution in [0.15, 0.2) is 36.4 Å². The summed E-state index contributed by atoms with van der Waals surface area (Å²) >= 11 is 4.37. The lowest BCUT2D eigenvalue weighted by Gasteiger charge is -1.70. The van der Waals surface area contributed by atoms with Gasteiger partial charge in [-0.25, -0.2) is 4.79 Å². The molecule has 0 saturated heterocycles. The highest BCUT2D eigenvalue weighted by Crippen LogP contribution is 1.79. The van der Waals surface area contributed by atoms with E-state index in [-0.39, 0.29) is 0 Å². The van der Waals surface area contributed by atoms with Crippen molar-refractivity contribution in [1.29, 1.82) is 0 Å². The van der Waals surface area contributed by atoms with Crippen LogP contribution in [0.25, 0.3) is 0 Å². The minimum atomic E-state index is -1.61. The predicted octanol–water partition coefficient (Wildman–Crippen LogP) is 1.52. The first-order chi connectivity index (χ1) is 5.64. The monoisotopic (exact) mass is 186 g/mol. The Morgan fingerprint density at radius 3 is 1.17 bits per heavy atom. The molecule has 64 valence electrons. The van der Waals surface area contributed by atoms with Gasteiger partial charge in [-0.3, -0.25) is 4.79 Å². The summed E-state index contributed by atoms with van der Waals surface area (Å²) in [5.74, 6) is -1.61. The number of hydrogen-bond acceptors (Lipinski definition) is 2. The second-order valence-corrected chi connectivity index (χ2v) is 2.08. The number of halogens is 1. The van der Waals surface area contributed by atoms with Crippen LogP contribution < -0.4 is 0 Å². The SMILES string of the molecule is O=C(O)C(=O)Cl.c1ccccc1. The topological polar surface area (TPSA) is 54.4 Å². The zero-order valence-electron chi connectivity index (χ0n) is 6.11. The normalized spacial score (nSPS) is 7.75. The molecule has 1 aromatic carbocycles. The Balaban J connectivity index is 0.000000202. The fraction of sp³-hybridized carbons (Fsp3) is 0. The molecular weight excluding hydrogens is 180 g/mol. The number of carbonyl (C=O) groups is 2. The number of aliphatic carboxylic acids is 1. The van der Waals surface area contributed by atoms with Crippen molar-refractivity contribution in [2.75, 3.05) is 0 Å². The van der Waals surface area contributed by atoms with Gasteiger partial charge in [0.1, 0.15) is 0 Å². The van der Waals surface area contributed by atoms with Crippen LogP contribution >= 0.6 is 11.6 Å². The van der Waals surface area contributed by atoms with Crippen LogP contribution in [0.2, 0.25) is 0 Å². The third-order valence-electron chi connectivity index (χ3n) is 0.835. The lowest BCUT2D eigenvalue weighted by Crippen LogP contribution is -2.02. The number of carbonyl (C=O) groups excluding carboxylic acids is 1. The second kappa shape index (κ2) is 6.37. The summed E-state index contributed by atoms with van der Waals surface area (Å²) in [6, 6.07) is 12.0. The maximum absolute atomic E-state index is 9.31. The maximum Gasteiger partial charge on any atom is 0.388 e. The molecule has 1 aromatic rings. The van der Waals surface area contributed by atoms with E-state index in [9.17, 15) is 9.59 Å². The summed E-state index contributed by atoms with van der Waals surface area (Å²) < 4.78 is 0. The minimum Gasteiger partial charge on any atom is -0.475 e. The molecule has 0 unspecified atom stereocenters. The Hall–Kier alpha value is -1.35. The third-order valence-corrected chi connectivity index (χ3v) is 0.996. The summed E-state index contributed by atoms with van der Waals surface area (Å²) in [5.41, 5.74) is 0. The fourth-order valence-electron chi connectivity index (χ4n) is 0.385. The highest BCUT2D eigenvalue weighted by Gasteiger charge is 2.02. The molecule has 0 spiro atoms. The van der Waals surface area contributed by atoms with Crippen molar-refractivity contribution in [1.82, 2.24) is 0 Å². The largest absolute Gasteiger partial charge is 0.475 e. The van der Waals surface area contributed by atoms with Crippen LogP contribution in [0.1, 0.15) is 0 Å². The fourth-order valence-corrected chi connectivity index (χ4v) is 0.385. The van der Waals surface area contributed by atoms with E-state index in [2.05, 4.69) is 11.6 Å². The molecule has 0 aliphatic rings. The number of rotatable bonds is 1. The van der Waals surface area contributed by atoms with E-state index in [1.165, 1.54) is 0 Å². The molecular formula is C8H7ClO3. The average molecular weight is 187 g/mol. The Morgan fingerprint density at radius 1 is 0.917 bits per heavy atom. The van der Waals surface area contributed by atoms with Crippen molar-refractivity contribution in [3.05, 3.63) is 36.4 Å². The van der Waals surface area contributed by atoms with E-state index in [1.807, 2.05) is 36.4 Å². The molecule has 0 aliphatic carbocycles. The van der Waals surface area contributed by atoms with Gasteiger partial charge in [0, 0.05) is 0 Å². The molecule has 0 atom stereocenters. The Labute approximate surface area is 74.6 Å². The summed E-state index contributed by atoms with van der Waals surface area (Å²) in [5, 5.41) is 6.16. The van der Waals surface area contributed by atoms with E-state index < -0.39 is 11.2 Å². The summed E-state index contributed by atoms with van der Waals surface area (Å²) in [7, 11) is 0. The lowest BCUT2D eigenvalue weighted by atomic mass is 10.4. The first-order valence-corrected chi connectivity index (χ1v) is 3.45. The van der Waals surface area contributed by atoms with Crippen LogP contribution in [-0.4, -0.2) is 16.3 Å². The van der Waals surface area contributed by atoms with Crippen molar-refractivity contribution in [3.8, 4) is 0 Å². The molecule has 4 heteroatoms. The molecule has 0 amide bonds. The lowest BCUT2D eigenvalue weighted by molar-refractivity contribution is -0.145. The van der Waals surface area contributed by atoms with Gasteiger partial charge in [0.25, 0.3) is 0 Å². The number of carboxylic acid groups (broad SMARTS) is 1. The Kier molecular flexibility index (Phi) is 5.65. The van der Waals surface area contributed by atoms with Gasteiger partial charge in [0.05, 0.1) is 0 Å².